The summed E-state index contributed by atoms with van der Waals surface area (Å²) in [6, 6.07) is 6.28. The number of nitrogens with zero attached hydrogens (tertiary/aromatic N) is 1. The molecule has 0 aromatic heterocycles. The average Bonchev–Trinajstić information content (AvgIpc) is 2.96. The second kappa shape index (κ2) is 6.09. The van der Waals surface area contributed by atoms with E-state index in [0.717, 1.165) is 19.5 Å². The van der Waals surface area contributed by atoms with Gasteiger partial charge in [-0.05, 0) is 69.8 Å². The van der Waals surface area contributed by atoms with Crippen molar-refractivity contribution in [1.82, 2.24) is 4.90 Å². The van der Waals surface area contributed by atoms with E-state index in [0.29, 0.717) is 12.2 Å². The predicted molar refractivity (Wildman–Crippen MR) is 84.1 cm³/mol. The van der Waals surface area contributed by atoms with Crippen LogP contribution in [-0.2, 0) is 11.2 Å². The summed E-state index contributed by atoms with van der Waals surface area (Å²) in [7, 11) is 0. The highest BCUT2D eigenvalue weighted by atomic mass is 16.1. The molecule has 0 amide bonds. The van der Waals surface area contributed by atoms with Crippen molar-refractivity contribution in [3.63, 3.8) is 0 Å². The molecule has 2 heteroatoms. The number of ketones is 1. The lowest BCUT2D eigenvalue weighted by molar-refractivity contribution is -0.129. The molecule has 1 heterocycles. The van der Waals surface area contributed by atoms with Gasteiger partial charge < -0.3 is 0 Å². The van der Waals surface area contributed by atoms with Crippen LogP contribution in [0.2, 0.25) is 0 Å². The fourth-order valence-electron chi connectivity index (χ4n) is 3.29. The van der Waals surface area contributed by atoms with Crippen LogP contribution in [0.5, 0.6) is 0 Å². The van der Waals surface area contributed by atoms with E-state index in [1.807, 2.05) is 0 Å². The monoisotopic (exact) mass is 273 g/mol. The van der Waals surface area contributed by atoms with Crippen LogP contribution in [0.25, 0.3) is 0 Å². The van der Waals surface area contributed by atoms with Crippen molar-refractivity contribution in [1.29, 1.82) is 0 Å². The number of carbonyl (C=O) groups excluding carboxylic acids is 1. The first kappa shape index (κ1) is 15.2. The summed E-state index contributed by atoms with van der Waals surface area (Å²) < 4.78 is 0. The van der Waals surface area contributed by atoms with Gasteiger partial charge in [0.05, 0.1) is 5.54 Å². The molecule has 0 aliphatic carbocycles. The molecule has 2 rings (SSSR count). The van der Waals surface area contributed by atoms with Crippen molar-refractivity contribution in [3.8, 4) is 0 Å². The molecule has 1 saturated heterocycles. The number of benzene rings is 1. The number of hydrogen-bond acceptors (Lipinski definition) is 2. The summed E-state index contributed by atoms with van der Waals surface area (Å²) >= 11 is 0. The van der Waals surface area contributed by atoms with Crippen molar-refractivity contribution in [2.75, 3.05) is 13.1 Å². The Morgan fingerprint density at radius 1 is 1.20 bits per heavy atom. The Morgan fingerprint density at radius 2 is 1.75 bits per heavy atom. The lowest BCUT2D eigenvalue weighted by Crippen LogP contribution is -2.51. The normalized spacial score (nSPS) is 19.0. The summed E-state index contributed by atoms with van der Waals surface area (Å²) in [5.74, 6) is 0.374. The molecular weight excluding hydrogens is 246 g/mol. The number of hydrogen-bond donors (Lipinski definition) is 0. The van der Waals surface area contributed by atoms with Crippen LogP contribution in [-0.4, -0.2) is 29.3 Å². The van der Waals surface area contributed by atoms with Crippen LogP contribution in [0.1, 0.15) is 49.8 Å². The Morgan fingerprint density at radius 3 is 2.25 bits per heavy atom. The molecule has 2 nitrogen and oxygen atoms in total. The molecule has 0 bridgehead atoms. The molecule has 0 spiro atoms. The number of carbonyl (C=O) groups is 1. The molecule has 1 aromatic rings. The minimum absolute atomic E-state index is 0.286. The van der Waals surface area contributed by atoms with E-state index in [-0.39, 0.29) is 5.54 Å². The molecule has 1 unspecified atom stereocenters. The fraction of sp³-hybridized carbons (Fsp3) is 0.611. The van der Waals surface area contributed by atoms with Gasteiger partial charge in [-0.25, -0.2) is 0 Å². The Hall–Kier alpha value is -1.15. The Labute approximate surface area is 123 Å². The molecule has 1 aliphatic heterocycles. The zero-order valence-electron chi connectivity index (χ0n) is 13.3. The van der Waals surface area contributed by atoms with E-state index in [4.69, 9.17) is 0 Å². The molecule has 1 fully saturated rings. The molecule has 0 saturated carbocycles. The van der Waals surface area contributed by atoms with Gasteiger partial charge in [-0.3, -0.25) is 9.69 Å². The van der Waals surface area contributed by atoms with Gasteiger partial charge >= 0.3 is 0 Å². The highest BCUT2D eigenvalue weighted by molar-refractivity contribution is 5.90. The van der Waals surface area contributed by atoms with Gasteiger partial charge in [0, 0.05) is 6.42 Å². The average molecular weight is 273 g/mol. The largest absolute Gasteiger partial charge is 0.297 e. The maximum absolute atomic E-state index is 12.9. The van der Waals surface area contributed by atoms with E-state index < -0.39 is 0 Å². The van der Waals surface area contributed by atoms with E-state index in [2.05, 4.69) is 50.8 Å². The summed E-state index contributed by atoms with van der Waals surface area (Å²) in [6.45, 7) is 10.6. The molecule has 0 N–H and O–H groups in total. The lowest BCUT2D eigenvalue weighted by Gasteiger charge is -2.37. The molecule has 110 valence electrons. The maximum Gasteiger partial charge on any atom is 0.157 e. The minimum Gasteiger partial charge on any atom is -0.297 e. The van der Waals surface area contributed by atoms with E-state index in [1.165, 1.54) is 29.5 Å². The van der Waals surface area contributed by atoms with Gasteiger partial charge in [0.1, 0.15) is 0 Å². The van der Waals surface area contributed by atoms with Crippen LogP contribution >= 0.6 is 0 Å². The van der Waals surface area contributed by atoms with Gasteiger partial charge in [-0.1, -0.05) is 25.1 Å². The number of Topliss-reactive ketones (excluding diaryl/α,β-unsaturated/α-hetero) is 1. The standard InChI is InChI=1S/C18H27NO/c1-5-18(4,19-11-6-7-12-19)17(20)13-16-14(2)9-8-10-15(16)3/h8-10H,5-7,11-13H2,1-4H3. The predicted octanol–water partition coefficient (Wildman–Crippen LogP) is 3.68. The first-order chi connectivity index (χ1) is 9.49. The Bertz CT molecular complexity index is 468. The van der Waals surface area contributed by atoms with Gasteiger partial charge in [0.2, 0.25) is 0 Å². The van der Waals surface area contributed by atoms with Crippen LogP contribution in [0, 0.1) is 13.8 Å². The molecule has 20 heavy (non-hydrogen) atoms. The zero-order valence-corrected chi connectivity index (χ0v) is 13.3. The second-order valence-electron chi connectivity index (χ2n) is 6.29. The summed E-state index contributed by atoms with van der Waals surface area (Å²) in [5, 5.41) is 0. The highest BCUT2D eigenvalue weighted by Crippen LogP contribution is 2.28. The van der Waals surface area contributed by atoms with Crippen molar-refractivity contribution in [3.05, 3.63) is 34.9 Å². The molecule has 1 aromatic carbocycles. The molecular formula is C18H27NO. The smallest absolute Gasteiger partial charge is 0.157 e. The van der Waals surface area contributed by atoms with Crippen molar-refractivity contribution in [2.45, 2.75) is 58.9 Å². The third-order valence-electron chi connectivity index (χ3n) is 5.07. The van der Waals surface area contributed by atoms with Gasteiger partial charge in [-0.15, -0.1) is 0 Å². The van der Waals surface area contributed by atoms with Gasteiger partial charge in [-0.2, -0.15) is 0 Å². The quantitative estimate of drug-likeness (QED) is 0.815. The Kier molecular flexibility index (Phi) is 4.64. The second-order valence-corrected chi connectivity index (χ2v) is 6.29. The molecule has 1 aliphatic rings. The number of rotatable bonds is 5. The third kappa shape index (κ3) is 2.80. The first-order valence-electron chi connectivity index (χ1n) is 7.82. The molecule has 1 atom stereocenters. The van der Waals surface area contributed by atoms with Crippen LogP contribution in [0.3, 0.4) is 0 Å². The van der Waals surface area contributed by atoms with E-state index in [9.17, 15) is 4.79 Å². The SMILES string of the molecule is CCC(C)(C(=O)Cc1c(C)cccc1C)N1CCCC1. The Balaban J connectivity index is 2.21. The minimum atomic E-state index is -0.286. The summed E-state index contributed by atoms with van der Waals surface area (Å²) in [4.78, 5) is 15.3. The fourth-order valence-corrected chi connectivity index (χ4v) is 3.29. The van der Waals surface area contributed by atoms with Crippen molar-refractivity contribution in [2.24, 2.45) is 0 Å². The van der Waals surface area contributed by atoms with Crippen LogP contribution in [0.4, 0.5) is 0 Å². The summed E-state index contributed by atoms with van der Waals surface area (Å²) in [6.07, 6.45) is 3.93. The van der Waals surface area contributed by atoms with Crippen LogP contribution in [0.15, 0.2) is 18.2 Å². The number of likely N-dealkylation sites (tertiary alicyclic amines) is 1. The first-order valence-corrected chi connectivity index (χ1v) is 7.82. The topological polar surface area (TPSA) is 20.3 Å². The summed E-state index contributed by atoms with van der Waals surface area (Å²) in [5.41, 5.74) is 3.40. The van der Waals surface area contributed by atoms with Crippen molar-refractivity contribution >= 4 is 5.78 Å². The van der Waals surface area contributed by atoms with Crippen LogP contribution < -0.4 is 0 Å². The number of aryl methyl sites for hydroxylation is 2. The van der Waals surface area contributed by atoms with E-state index >= 15 is 0 Å². The highest BCUT2D eigenvalue weighted by Gasteiger charge is 2.38. The van der Waals surface area contributed by atoms with Crippen molar-refractivity contribution < 1.29 is 4.79 Å². The van der Waals surface area contributed by atoms with E-state index in [1.54, 1.807) is 0 Å². The maximum atomic E-state index is 12.9. The lowest BCUT2D eigenvalue weighted by atomic mass is 9.85. The van der Waals surface area contributed by atoms with Gasteiger partial charge in [0.15, 0.2) is 5.78 Å². The molecule has 0 radical (unpaired) electrons. The third-order valence-corrected chi connectivity index (χ3v) is 5.07. The zero-order chi connectivity index (χ0) is 14.8. The van der Waals surface area contributed by atoms with Gasteiger partial charge in [0.25, 0.3) is 0 Å².